The van der Waals surface area contributed by atoms with E-state index in [0.29, 0.717) is 24.7 Å². The van der Waals surface area contributed by atoms with Crippen LogP contribution in [0.15, 0.2) is 23.8 Å². The van der Waals surface area contributed by atoms with E-state index >= 15 is 0 Å². The van der Waals surface area contributed by atoms with Gasteiger partial charge in [0.2, 0.25) is 5.91 Å². The quantitative estimate of drug-likeness (QED) is 0.334. The van der Waals surface area contributed by atoms with Crippen LogP contribution in [-0.2, 0) is 4.79 Å². The summed E-state index contributed by atoms with van der Waals surface area (Å²) in [6.45, 7) is 10.00. The number of amides is 1. The number of carbonyl (C=O) groups is 1. The molecule has 0 bridgehead atoms. The van der Waals surface area contributed by atoms with Crippen molar-refractivity contribution in [2.75, 3.05) is 7.05 Å². The Morgan fingerprint density at radius 2 is 2.03 bits per heavy atom. The SMILES string of the molecule is CC#CC[C@@H](C)[C@H](O)/C=C/[C@@H]1[C@H]2C/C(=C/CCCC(=O)N(C)C(C)(C)C)C[C@H]2C[C@H]1O. The molecular formula is C27H43NO3. The van der Waals surface area contributed by atoms with Crippen LogP contribution in [0.2, 0.25) is 0 Å². The van der Waals surface area contributed by atoms with Gasteiger partial charge in [0, 0.05) is 31.3 Å². The predicted molar refractivity (Wildman–Crippen MR) is 127 cm³/mol. The minimum atomic E-state index is -0.521. The molecule has 0 unspecified atom stereocenters. The molecule has 0 aliphatic heterocycles. The smallest absolute Gasteiger partial charge is 0.222 e. The highest BCUT2D eigenvalue weighted by Crippen LogP contribution is 2.50. The number of nitrogens with zero attached hydrogens (tertiary/aromatic N) is 1. The lowest BCUT2D eigenvalue weighted by molar-refractivity contribution is -0.134. The van der Waals surface area contributed by atoms with Crippen molar-refractivity contribution in [2.45, 2.75) is 97.3 Å². The molecule has 4 nitrogen and oxygen atoms in total. The summed E-state index contributed by atoms with van der Waals surface area (Å²) in [5.74, 6) is 7.33. The molecule has 0 spiro atoms. The Hall–Kier alpha value is -1.57. The van der Waals surface area contributed by atoms with Gasteiger partial charge in [-0.25, -0.2) is 0 Å². The monoisotopic (exact) mass is 429 g/mol. The molecule has 2 N–H and O–H groups in total. The van der Waals surface area contributed by atoms with Crippen LogP contribution in [0.5, 0.6) is 0 Å². The van der Waals surface area contributed by atoms with Gasteiger partial charge >= 0.3 is 0 Å². The Labute approximate surface area is 189 Å². The number of allylic oxidation sites excluding steroid dienone is 2. The zero-order valence-electron chi connectivity index (χ0n) is 20.4. The third-order valence-electron chi connectivity index (χ3n) is 7.23. The largest absolute Gasteiger partial charge is 0.392 e. The first-order valence-corrected chi connectivity index (χ1v) is 11.9. The first-order chi connectivity index (χ1) is 14.5. The second-order valence-electron chi connectivity index (χ2n) is 10.6. The van der Waals surface area contributed by atoms with Crippen molar-refractivity contribution in [1.82, 2.24) is 4.90 Å². The zero-order valence-corrected chi connectivity index (χ0v) is 20.4. The maximum Gasteiger partial charge on any atom is 0.222 e. The average molecular weight is 430 g/mol. The van der Waals surface area contributed by atoms with E-state index in [-0.39, 0.29) is 29.4 Å². The molecule has 0 saturated heterocycles. The molecule has 2 fully saturated rings. The lowest BCUT2D eigenvalue weighted by atomic mass is 9.89. The summed E-state index contributed by atoms with van der Waals surface area (Å²) in [4.78, 5) is 14.1. The molecule has 0 aromatic heterocycles. The van der Waals surface area contributed by atoms with E-state index in [1.54, 1.807) is 0 Å². The van der Waals surface area contributed by atoms with Crippen molar-refractivity contribution in [3.63, 3.8) is 0 Å². The van der Waals surface area contributed by atoms with Crippen molar-refractivity contribution in [2.24, 2.45) is 23.7 Å². The van der Waals surface area contributed by atoms with Crippen LogP contribution in [0, 0.1) is 35.5 Å². The molecule has 31 heavy (non-hydrogen) atoms. The van der Waals surface area contributed by atoms with Crippen molar-refractivity contribution >= 4 is 5.91 Å². The van der Waals surface area contributed by atoms with Crippen LogP contribution in [0.4, 0.5) is 0 Å². The Morgan fingerprint density at radius 1 is 1.32 bits per heavy atom. The normalized spacial score (nSPS) is 29.0. The highest BCUT2D eigenvalue weighted by Gasteiger charge is 2.45. The predicted octanol–water partition coefficient (Wildman–Crippen LogP) is 4.71. The van der Waals surface area contributed by atoms with E-state index in [9.17, 15) is 15.0 Å². The molecule has 2 rings (SSSR count). The maximum atomic E-state index is 12.3. The summed E-state index contributed by atoms with van der Waals surface area (Å²) in [5.41, 5.74) is 1.35. The number of hydrogen-bond donors (Lipinski definition) is 2. The lowest BCUT2D eigenvalue weighted by Crippen LogP contribution is -2.42. The summed E-state index contributed by atoms with van der Waals surface area (Å²) in [7, 11) is 1.88. The molecule has 0 aromatic rings. The number of unbranched alkanes of at least 4 members (excludes halogenated alkanes) is 1. The Morgan fingerprint density at radius 3 is 2.68 bits per heavy atom. The summed E-state index contributed by atoms with van der Waals surface area (Å²) >= 11 is 0. The van der Waals surface area contributed by atoms with Crippen molar-refractivity contribution < 1.29 is 15.0 Å². The van der Waals surface area contributed by atoms with E-state index in [1.807, 2.05) is 31.9 Å². The lowest BCUT2D eigenvalue weighted by Gasteiger charge is -2.32. The zero-order chi connectivity index (χ0) is 23.2. The molecule has 4 heteroatoms. The van der Waals surface area contributed by atoms with Gasteiger partial charge in [0.05, 0.1) is 12.2 Å². The summed E-state index contributed by atoms with van der Waals surface area (Å²) in [5, 5.41) is 20.9. The van der Waals surface area contributed by atoms with E-state index in [4.69, 9.17) is 0 Å². The van der Waals surface area contributed by atoms with Gasteiger partial charge < -0.3 is 15.1 Å². The minimum absolute atomic E-state index is 0.0946. The Bertz CT molecular complexity index is 721. The first kappa shape index (κ1) is 25.7. The third kappa shape index (κ3) is 7.22. The van der Waals surface area contributed by atoms with Crippen molar-refractivity contribution in [1.29, 1.82) is 0 Å². The standard InChI is InChI=1S/C27H43NO3/c1-7-8-11-19(2)24(29)15-14-22-23-17-20(16-21(23)18-25(22)30)12-9-10-13-26(31)28(6)27(3,4)5/h12,14-15,19,21-25,29-30H,9-11,13,16-18H2,1-6H3/b15-14+,20-12+/t19-,21+,22-,23+,24-,25-/m1/s1. The summed E-state index contributed by atoms with van der Waals surface area (Å²) < 4.78 is 0. The van der Waals surface area contributed by atoms with Crippen molar-refractivity contribution in [3.8, 4) is 11.8 Å². The Kier molecular flexibility index (Phi) is 9.40. The molecule has 0 heterocycles. The van der Waals surface area contributed by atoms with Crippen LogP contribution in [0.1, 0.15) is 79.6 Å². The molecule has 2 saturated carbocycles. The fourth-order valence-corrected chi connectivity index (χ4v) is 4.86. The van der Waals surface area contributed by atoms with Crippen LogP contribution in [-0.4, -0.2) is 45.8 Å². The highest BCUT2D eigenvalue weighted by molar-refractivity contribution is 5.76. The summed E-state index contributed by atoms with van der Waals surface area (Å²) in [6.07, 6.45) is 11.5. The van der Waals surface area contributed by atoms with Gasteiger partial charge in [0.15, 0.2) is 0 Å². The molecule has 2 aliphatic rings. The summed E-state index contributed by atoms with van der Waals surface area (Å²) in [6, 6.07) is 0. The topological polar surface area (TPSA) is 60.8 Å². The number of fused-ring (bicyclic) bond motifs is 1. The molecule has 2 aliphatic carbocycles. The molecule has 0 aromatic carbocycles. The van der Waals surface area contributed by atoms with Gasteiger partial charge in [-0.3, -0.25) is 4.79 Å². The van der Waals surface area contributed by atoms with Crippen LogP contribution in [0.25, 0.3) is 0 Å². The van der Waals surface area contributed by atoms with Gasteiger partial charge in [0.25, 0.3) is 0 Å². The highest BCUT2D eigenvalue weighted by atomic mass is 16.3. The number of hydrogen-bond acceptors (Lipinski definition) is 3. The van der Waals surface area contributed by atoms with Crippen LogP contribution >= 0.6 is 0 Å². The minimum Gasteiger partial charge on any atom is -0.392 e. The van der Waals surface area contributed by atoms with Gasteiger partial charge in [-0.05, 0) is 77.6 Å². The second-order valence-corrected chi connectivity index (χ2v) is 10.6. The van der Waals surface area contributed by atoms with E-state index < -0.39 is 6.10 Å². The Balaban J connectivity index is 1.85. The number of aliphatic hydroxyl groups excluding tert-OH is 2. The number of aliphatic hydroxyl groups is 2. The van der Waals surface area contributed by atoms with E-state index in [0.717, 1.165) is 32.1 Å². The molecule has 1 amide bonds. The molecule has 0 radical (unpaired) electrons. The van der Waals surface area contributed by atoms with Crippen LogP contribution in [0.3, 0.4) is 0 Å². The molecular weight excluding hydrogens is 386 g/mol. The maximum absolute atomic E-state index is 12.3. The van der Waals surface area contributed by atoms with Gasteiger partial charge in [0.1, 0.15) is 0 Å². The number of rotatable bonds is 8. The van der Waals surface area contributed by atoms with Crippen LogP contribution < -0.4 is 0 Å². The third-order valence-corrected chi connectivity index (χ3v) is 7.23. The average Bonchev–Trinajstić information content (AvgIpc) is 3.22. The van der Waals surface area contributed by atoms with E-state index in [2.05, 4.69) is 44.8 Å². The number of carbonyl (C=O) groups excluding carboxylic acids is 1. The molecule has 174 valence electrons. The fourth-order valence-electron chi connectivity index (χ4n) is 4.86. The van der Waals surface area contributed by atoms with Crippen molar-refractivity contribution in [3.05, 3.63) is 23.8 Å². The second kappa shape index (κ2) is 11.3. The van der Waals surface area contributed by atoms with Gasteiger partial charge in [-0.15, -0.1) is 11.8 Å². The van der Waals surface area contributed by atoms with Gasteiger partial charge in [-0.1, -0.05) is 30.7 Å². The van der Waals surface area contributed by atoms with Gasteiger partial charge in [-0.2, -0.15) is 0 Å². The fraction of sp³-hybridized carbons (Fsp3) is 0.741. The van der Waals surface area contributed by atoms with E-state index in [1.165, 1.54) is 5.57 Å². The first-order valence-electron chi connectivity index (χ1n) is 11.9. The molecule has 6 atom stereocenters.